The van der Waals surface area contributed by atoms with Crippen molar-refractivity contribution < 1.29 is 14.7 Å². The van der Waals surface area contributed by atoms with Crippen molar-refractivity contribution >= 4 is 35.1 Å². The number of likely N-dealkylation sites (tertiary alicyclic amines) is 1. The predicted octanol–water partition coefficient (Wildman–Crippen LogP) is 3.17. The molecule has 0 aromatic heterocycles. The van der Waals surface area contributed by atoms with Crippen LogP contribution in [0.4, 0.5) is 0 Å². The number of benzene rings is 1. The topological polar surface area (TPSA) is 57.6 Å². The summed E-state index contributed by atoms with van der Waals surface area (Å²) in [6.45, 7) is 0.535. The number of aliphatic carboxylic acids is 1. The molecule has 1 saturated carbocycles. The zero-order valence-corrected chi connectivity index (χ0v) is 12.8. The lowest BCUT2D eigenvalue weighted by molar-refractivity contribution is -0.148. The Morgan fingerprint density at radius 1 is 1.29 bits per heavy atom. The highest BCUT2D eigenvalue weighted by Crippen LogP contribution is 2.51. The van der Waals surface area contributed by atoms with Gasteiger partial charge in [0.15, 0.2) is 0 Å². The van der Waals surface area contributed by atoms with Crippen molar-refractivity contribution in [3.05, 3.63) is 33.8 Å². The number of rotatable bonds is 3. The maximum absolute atomic E-state index is 12.5. The molecule has 1 aliphatic carbocycles. The molecule has 0 radical (unpaired) electrons. The summed E-state index contributed by atoms with van der Waals surface area (Å²) in [5, 5.41) is 10.3. The van der Waals surface area contributed by atoms with Crippen molar-refractivity contribution in [2.75, 3.05) is 6.54 Å². The highest BCUT2D eigenvalue weighted by molar-refractivity contribution is 6.35. The molecule has 2 unspecified atom stereocenters. The average Bonchev–Trinajstić information content (AvgIpc) is 3.04. The maximum Gasteiger partial charge on any atom is 0.326 e. The number of carbonyl (C=O) groups is 2. The summed E-state index contributed by atoms with van der Waals surface area (Å²) in [6, 6.07) is 4.62. The normalized spacial score (nSPS) is 27.7. The van der Waals surface area contributed by atoms with Gasteiger partial charge in [-0.05, 0) is 42.9 Å². The highest BCUT2D eigenvalue weighted by Gasteiger charge is 2.49. The highest BCUT2D eigenvalue weighted by atomic mass is 35.5. The van der Waals surface area contributed by atoms with Gasteiger partial charge in [-0.3, -0.25) is 4.79 Å². The number of hydrogen-bond donors (Lipinski definition) is 1. The fraction of sp³-hybridized carbons (Fsp3) is 0.467. The Morgan fingerprint density at radius 3 is 2.71 bits per heavy atom. The van der Waals surface area contributed by atoms with E-state index in [-0.39, 0.29) is 17.7 Å². The molecule has 3 rings (SSSR count). The molecule has 1 aromatic carbocycles. The molecule has 21 heavy (non-hydrogen) atoms. The Hall–Kier alpha value is -1.26. The lowest BCUT2D eigenvalue weighted by Gasteiger charge is -2.21. The Kier molecular flexibility index (Phi) is 3.84. The van der Waals surface area contributed by atoms with Crippen LogP contribution in [0.15, 0.2) is 18.2 Å². The zero-order chi connectivity index (χ0) is 15.1. The van der Waals surface area contributed by atoms with E-state index < -0.39 is 12.0 Å². The Bertz CT molecular complexity index is 605. The summed E-state index contributed by atoms with van der Waals surface area (Å²) in [6.07, 6.45) is 2.02. The van der Waals surface area contributed by atoms with E-state index in [0.717, 1.165) is 18.4 Å². The quantitative estimate of drug-likeness (QED) is 0.927. The molecule has 1 amide bonds. The van der Waals surface area contributed by atoms with Crippen molar-refractivity contribution in [1.82, 2.24) is 4.90 Å². The van der Waals surface area contributed by atoms with Crippen molar-refractivity contribution in [2.24, 2.45) is 5.92 Å². The lowest BCUT2D eigenvalue weighted by Crippen LogP contribution is -2.41. The van der Waals surface area contributed by atoms with Gasteiger partial charge < -0.3 is 10.0 Å². The van der Waals surface area contributed by atoms with E-state index in [4.69, 9.17) is 28.3 Å². The third kappa shape index (κ3) is 2.74. The first-order chi connectivity index (χ1) is 9.99. The van der Waals surface area contributed by atoms with E-state index in [2.05, 4.69) is 0 Å². The summed E-state index contributed by atoms with van der Waals surface area (Å²) in [4.78, 5) is 25.2. The first kappa shape index (κ1) is 14.7. The van der Waals surface area contributed by atoms with Crippen molar-refractivity contribution in [3.63, 3.8) is 0 Å². The van der Waals surface area contributed by atoms with Gasteiger partial charge in [0.1, 0.15) is 6.04 Å². The average molecular weight is 328 g/mol. The SMILES string of the molecule is O=C(O)[C@H]1CCCN1C(=O)C1CC1c1ccc(Cl)cc1Cl. The summed E-state index contributed by atoms with van der Waals surface area (Å²) in [5.74, 6) is -1.04. The Morgan fingerprint density at radius 2 is 2.05 bits per heavy atom. The monoisotopic (exact) mass is 327 g/mol. The number of carboxylic acid groups (broad SMARTS) is 1. The number of hydrogen-bond acceptors (Lipinski definition) is 2. The summed E-state index contributed by atoms with van der Waals surface area (Å²) in [7, 11) is 0. The predicted molar refractivity (Wildman–Crippen MR) is 79.7 cm³/mol. The van der Waals surface area contributed by atoms with Crippen LogP contribution in [0, 0.1) is 5.92 Å². The number of amides is 1. The molecule has 6 heteroatoms. The van der Waals surface area contributed by atoms with Gasteiger partial charge in [0.25, 0.3) is 0 Å². The van der Waals surface area contributed by atoms with Crippen LogP contribution in [0.25, 0.3) is 0 Å². The molecular weight excluding hydrogens is 313 g/mol. The van der Waals surface area contributed by atoms with Gasteiger partial charge in [-0.2, -0.15) is 0 Å². The van der Waals surface area contributed by atoms with Gasteiger partial charge in [-0.1, -0.05) is 29.3 Å². The number of halogens is 2. The largest absolute Gasteiger partial charge is 0.480 e. The maximum atomic E-state index is 12.5. The van der Waals surface area contributed by atoms with E-state index >= 15 is 0 Å². The van der Waals surface area contributed by atoms with Crippen molar-refractivity contribution in [1.29, 1.82) is 0 Å². The van der Waals surface area contributed by atoms with Gasteiger partial charge in [0.2, 0.25) is 5.91 Å². The van der Waals surface area contributed by atoms with Gasteiger partial charge in [-0.15, -0.1) is 0 Å². The minimum absolute atomic E-state index is 0.0593. The molecule has 112 valence electrons. The van der Waals surface area contributed by atoms with Crippen LogP contribution in [0.3, 0.4) is 0 Å². The lowest BCUT2D eigenvalue weighted by atomic mass is 10.1. The van der Waals surface area contributed by atoms with E-state index in [1.807, 2.05) is 6.07 Å². The van der Waals surface area contributed by atoms with Crippen LogP contribution in [-0.2, 0) is 9.59 Å². The number of carboxylic acids is 1. The minimum atomic E-state index is -0.914. The molecule has 1 heterocycles. The number of nitrogens with zero attached hydrogens (tertiary/aromatic N) is 1. The van der Waals surface area contributed by atoms with Crippen molar-refractivity contribution in [3.8, 4) is 0 Å². The fourth-order valence-corrected chi connectivity index (χ4v) is 3.66. The first-order valence-corrected chi connectivity index (χ1v) is 7.73. The first-order valence-electron chi connectivity index (χ1n) is 6.97. The second kappa shape index (κ2) is 5.50. The fourth-order valence-electron chi connectivity index (χ4n) is 3.11. The molecule has 3 atom stereocenters. The molecule has 1 aromatic rings. The van der Waals surface area contributed by atoms with E-state index in [1.165, 1.54) is 4.90 Å². The summed E-state index contributed by atoms with van der Waals surface area (Å²) >= 11 is 12.0. The van der Waals surface area contributed by atoms with Crippen LogP contribution < -0.4 is 0 Å². The summed E-state index contributed by atoms with van der Waals surface area (Å²) in [5.41, 5.74) is 0.922. The third-order valence-electron chi connectivity index (χ3n) is 4.29. The number of carbonyl (C=O) groups excluding carboxylic acids is 1. The second-order valence-electron chi connectivity index (χ2n) is 5.64. The Balaban J connectivity index is 1.72. The molecule has 2 fully saturated rings. The van der Waals surface area contributed by atoms with E-state index in [1.54, 1.807) is 12.1 Å². The Labute approximate surface area is 132 Å². The molecule has 4 nitrogen and oxygen atoms in total. The van der Waals surface area contributed by atoms with Gasteiger partial charge in [0.05, 0.1) is 0 Å². The molecule has 0 spiro atoms. The molecule has 1 aliphatic heterocycles. The molecule has 2 aliphatic rings. The molecule has 1 saturated heterocycles. The smallest absolute Gasteiger partial charge is 0.326 e. The van der Waals surface area contributed by atoms with E-state index in [0.29, 0.717) is 23.0 Å². The molecular formula is C15H15Cl2NO3. The minimum Gasteiger partial charge on any atom is -0.480 e. The van der Waals surface area contributed by atoms with Crippen molar-refractivity contribution in [2.45, 2.75) is 31.2 Å². The van der Waals surface area contributed by atoms with E-state index in [9.17, 15) is 9.59 Å². The standard InChI is InChI=1S/C15H15Cl2NO3/c16-8-3-4-9(12(17)6-8)10-7-11(10)14(19)18-5-1-2-13(18)15(20)21/h3-4,6,10-11,13H,1-2,5,7H2,(H,20,21)/t10?,11?,13-/m1/s1. The third-order valence-corrected chi connectivity index (χ3v) is 4.85. The summed E-state index contributed by atoms with van der Waals surface area (Å²) < 4.78 is 0. The van der Waals surface area contributed by atoms with Gasteiger partial charge in [-0.25, -0.2) is 4.79 Å². The second-order valence-corrected chi connectivity index (χ2v) is 6.49. The van der Waals surface area contributed by atoms with Crippen LogP contribution in [0.2, 0.25) is 10.0 Å². The van der Waals surface area contributed by atoms with Crippen LogP contribution in [-0.4, -0.2) is 34.5 Å². The van der Waals surface area contributed by atoms with Crippen LogP contribution in [0.5, 0.6) is 0 Å². The molecule has 1 N–H and O–H groups in total. The van der Waals surface area contributed by atoms with Gasteiger partial charge in [0, 0.05) is 22.5 Å². The van der Waals surface area contributed by atoms with Crippen LogP contribution in [0.1, 0.15) is 30.7 Å². The van der Waals surface area contributed by atoms with Gasteiger partial charge >= 0.3 is 5.97 Å². The molecule has 0 bridgehead atoms. The zero-order valence-electron chi connectivity index (χ0n) is 11.3. The van der Waals surface area contributed by atoms with Crippen LogP contribution >= 0.6 is 23.2 Å².